The summed E-state index contributed by atoms with van der Waals surface area (Å²) in [4.78, 5) is 12.2. The van der Waals surface area contributed by atoms with Crippen LogP contribution in [0.2, 0.25) is 10.0 Å². The van der Waals surface area contributed by atoms with Gasteiger partial charge in [-0.1, -0.05) is 23.2 Å². The van der Waals surface area contributed by atoms with Gasteiger partial charge in [-0.25, -0.2) is 12.8 Å². The molecule has 0 atom stereocenters. The molecule has 0 heterocycles. The normalized spacial score (nSPS) is 11.1. The average molecular weight is 439 g/mol. The number of hydrogen-bond donors (Lipinski definition) is 2. The first kappa shape index (κ1) is 20.1. The molecule has 0 fully saturated rings. The van der Waals surface area contributed by atoms with Gasteiger partial charge in [0.25, 0.3) is 15.9 Å². The van der Waals surface area contributed by atoms with E-state index in [9.17, 15) is 17.6 Å². The maximum Gasteiger partial charge on any atom is 0.261 e. The van der Waals surface area contributed by atoms with Gasteiger partial charge in [-0.2, -0.15) is 0 Å². The molecule has 0 radical (unpaired) electrons. The van der Waals surface area contributed by atoms with Crippen LogP contribution in [-0.2, 0) is 10.0 Å². The number of benzene rings is 3. The lowest BCUT2D eigenvalue weighted by molar-refractivity contribution is 0.102. The Morgan fingerprint density at radius 1 is 0.857 bits per heavy atom. The van der Waals surface area contributed by atoms with Crippen LogP contribution in [0.1, 0.15) is 10.4 Å². The van der Waals surface area contributed by atoms with Gasteiger partial charge >= 0.3 is 0 Å². The van der Waals surface area contributed by atoms with E-state index in [-0.39, 0.29) is 21.2 Å². The number of halogens is 3. The van der Waals surface area contributed by atoms with Crippen molar-refractivity contribution in [2.75, 3.05) is 10.0 Å². The van der Waals surface area contributed by atoms with Gasteiger partial charge in [0.05, 0.1) is 15.5 Å². The molecule has 3 aromatic rings. The predicted octanol–water partition coefficient (Wildman–Crippen LogP) is 5.19. The number of hydrogen-bond acceptors (Lipinski definition) is 3. The number of rotatable bonds is 5. The molecule has 9 heteroatoms. The molecule has 0 bridgehead atoms. The molecule has 0 aliphatic rings. The Balaban J connectivity index is 1.71. The van der Waals surface area contributed by atoms with E-state index in [0.29, 0.717) is 10.7 Å². The van der Waals surface area contributed by atoms with Crippen molar-refractivity contribution in [2.24, 2.45) is 0 Å². The minimum Gasteiger partial charge on any atom is -0.322 e. The lowest BCUT2D eigenvalue weighted by Crippen LogP contribution is -2.14. The zero-order chi connectivity index (χ0) is 20.3. The van der Waals surface area contributed by atoms with E-state index in [1.165, 1.54) is 48.5 Å². The summed E-state index contributed by atoms with van der Waals surface area (Å²) in [5, 5.41) is 3.29. The molecule has 0 aliphatic carbocycles. The number of carbonyl (C=O) groups is 1. The van der Waals surface area contributed by atoms with Crippen LogP contribution in [0, 0.1) is 5.82 Å². The molecule has 5 nitrogen and oxygen atoms in total. The number of sulfonamides is 1. The molecular formula is C19H13Cl2FN2O3S. The first-order chi connectivity index (χ1) is 13.2. The van der Waals surface area contributed by atoms with Crippen LogP contribution in [0.5, 0.6) is 0 Å². The molecule has 0 aromatic heterocycles. The summed E-state index contributed by atoms with van der Waals surface area (Å²) >= 11 is 11.8. The molecule has 1 amide bonds. The molecular weight excluding hydrogens is 426 g/mol. The van der Waals surface area contributed by atoms with Crippen LogP contribution in [0.4, 0.5) is 15.8 Å². The fraction of sp³-hybridized carbons (Fsp3) is 0. The van der Waals surface area contributed by atoms with Crippen LogP contribution in [0.3, 0.4) is 0 Å². The number of nitrogens with one attached hydrogen (secondary N) is 2. The monoisotopic (exact) mass is 438 g/mol. The van der Waals surface area contributed by atoms with Gasteiger partial charge in [-0.05, 0) is 66.7 Å². The lowest BCUT2D eigenvalue weighted by Gasteiger charge is -2.10. The van der Waals surface area contributed by atoms with Gasteiger partial charge in [0.2, 0.25) is 0 Å². The topological polar surface area (TPSA) is 75.3 Å². The highest BCUT2D eigenvalue weighted by atomic mass is 35.5. The molecule has 28 heavy (non-hydrogen) atoms. The van der Waals surface area contributed by atoms with E-state index in [1.54, 1.807) is 6.07 Å². The molecule has 0 aliphatic heterocycles. The second-order valence-electron chi connectivity index (χ2n) is 5.72. The zero-order valence-corrected chi connectivity index (χ0v) is 16.4. The molecule has 0 spiro atoms. The maximum atomic E-state index is 13.0. The first-order valence-corrected chi connectivity index (χ1v) is 10.1. The van der Waals surface area contributed by atoms with Crippen LogP contribution in [-0.4, -0.2) is 14.3 Å². The Morgan fingerprint density at radius 3 is 2.07 bits per heavy atom. The standard InChI is InChI=1S/C19H13Cl2FN2O3S/c20-12-1-10-17(18(21)11-12)19(25)23-14-4-6-15(7-5-14)24-28(26,27)16-8-2-13(22)3-9-16/h1-11,24H,(H,23,25). The highest BCUT2D eigenvalue weighted by molar-refractivity contribution is 7.92. The van der Waals surface area contributed by atoms with Gasteiger partial charge in [-0.15, -0.1) is 0 Å². The summed E-state index contributed by atoms with van der Waals surface area (Å²) in [5.74, 6) is -0.957. The quantitative estimate of drug-likeness (QED) is 0.575. The van der Waals surface area contributed by atoms with Crippen molar-refractivity contribution in [1.82, 2.24) is 0 Å². The van der Waals surface area contributed by atoms with Crippen molar-refractivity contribution < 1.29 is 17.6 Å². The van der Waals surface area contributed by atoms with Crippen molar-refractivity contribution >= 4 is 50.5 Å². The Bertz CT molecular complexity index is 1120. The average Bonchev–Trinajstić information content (AvgIpc) is 2.63. The number of anilines is 2. The fourth-order valence-electron chi connectivity index (χ4n) is 2.32. The Kier molecular flexibility index (Phi) is 5.88. The van der Waals surface area contributed by atoms with Crippen molar-refractivity contribution in [3.63, 3.8) is 0 Å². The maximum absolute atomic E-state index is 13.0. The highest BCUT2D eigenvalue weighted by Gasteiger charge is 2.15. The Labute approximate surface area is 171 Å². The summed E-state index contributed by atoms with van der Waals surface area (Å²) in [5.41, 5.74) is 0.986. The third kappa shape index (κ3) is 4.81. The molecule has 0 saturated carbocycles. The second kappa shape index (κ2) is 8.18. The highest BCUT2D eigenvalue weighted by Crippen LogP contribution is 2.23. The zero-order valence-electron chi connectivity index (χ0n) is 14.1. The van der Waals surface area contributed by atoms with Gasteiger partial charge in [0.1, 0.15) is 5.82 Å². The van der Waals surface area contributed by atoms with Crippen LogP contribution >= 0.6 is 23.2 Å². The molecule has 0 unspecified atom stereocenters. The second-order valence-corrected chi connectivity index (χ2v) is 8.24. The predicted molar refractivity (Wildman–Crippen MR) is 108 cm³/mol. The lowest BCUT2D eigenvalue weighted by atomic mass is 10.2. The van der Waals surface area contributed by atoms with Gasteiger partial charge in [0, 0.05) is 16.4 Å². The third-order valence-corrected chi connectivity index (χ3v) is 5.64. The number of amides is 1. The Hall–Kier alpha value is -2.61. The third-order valence-electron chi connectivity index (χ3n) is 3.69. The van der Waals surface area contributed by atoms with E-state index in [2.05, 4.69) is 10.0 Å². The first-order valence-electron chi connectivity index (χ1n) is 7.89. The van der Waals surface area contributed by atoms with Crippen molar-refractivity contribution in [2.45, 2.75) is 4.90 Å². The van der Waals surface area contributed by atoms with Crippen molar-refractivity contribution in [1.29, 1.82) is 0 Å². The van der Waals surface area contributed by atoms with Gasteiger partial charge < -0.3 is 5.32 Å². The molecule has 2 N–H and O–H groups in total. The van der Waals surface area contributed by atoms with E-state index in [4.69, 9.17) is 23.2 Å². The number of carbonyl (C=O) groups excluding carboxylic acids is 1. The van der Waals surface area contributed by atoms with Gasteiger partial charge in [-0.3, -0.25) is 9.52 Å². The molecule has 3 rings (SSSR count). The summed E-state index contributed by atoms with van der Waals surface area (Å²) < 4.78 is 39.9. The summed E-state index contributed by atoms with van der Waals surface area (Å²) in [7, 11) is -3.85. The largest absolute Gasteiger partial charge is 0.322 e. The minimum atomic E-state index is -3.85. The van der Waals surface area contributed by atoms with E-state index in [1.807, 2.05) is 0 Å². The minimum absolute atomic E-state index is 0.0661. The van der Waals surface area contributed by atoms with Crippen molar-refractivity contribution in [3.05, 3.63) is 88.2 Å². The Morgan fingerprint density at radius 2 is 1.46 bits per heavy atom. The summed E-state index contributed by atoms with van der Waals surface area (Å²) in [6.45, 7) is 0. The molecule has 3 aromatic carbocycles. The van der Waals surface area contributed by atoms with E-state index < -0.39 is 21.7 Å². The van der Waals surface area contributed by atoms with Crippen LogP contribution in [0.25, 0.3) is 0 Å². The fourth-order valence-corrected chi connectivity index (χ4v) is 3.87. The summed E-state index contributed by atoms with van der Waals surface area (Å²) in [6.07, 6.45) is 0. The molecule has 0 saturated heterocycles. The van der Waals surface area contributed by atoms with Crippen LogP contribution in [0.15, 0.2) is 71.6 Å². The smallest absolute Gasteiger partial charge is 0.261 e. The van der Waals surface area contributed by atoms with Crippen LogP contribution < -0.4 is 10.0 Å². The van der Waals surface area contributed by atoms with Gasteiger partial charge in [0.15, 0.2) is 0 Å². The molecule has 144 valence electrons. The van der Waals surface area contributed by atoms with E-state index in [0.717, 1.165) is 12.1 Å². The summed E-state index contributed by atoms with van der Waals surface area (Å²) in [6, 6.07) is 15.0. The van der Waals surface area contributed by atoms with Crippen molar-refractivity contribution in [3.8, 4) is 0 Å². The SMILES string of the molecule is O=C(Nc1ccc(NS(=O)(=O)c2ccc(F)cc2)cc1)c1ccc(Cl)cc1Cl. The van der Waals surface area contributed by atoms with E-state index >= 15 is 0 Å².